The van der Waals surface area contributed by atoms with E-state index in [9.17, 15) is 5.11 Å². The highest BCUT2D eigenvalue weighted by Crippen LogP contribution is 2.38. The van der Waals surface area contributed by atoms with Crippen molar-refractivity contribution in [1.29, 1.82) is 0 Å². The summed E-state index contributed by atoms with van der Waals surface area (Å²) in [7, 11) is 2.12. The van der Waals surface area contributed by atoms with E-state index in [-0.39, 0.29) is 6.10 Å². The molecule has 0 amide bonds. The van der Waals surface area contributed by atoms with Crippen LogP contribution in [-0.4, -0.2) is 34.7 Å². The largest absolute Gasteiger partial charge is 0.393 e. The van der Waals surface area contributed by atoms with Crippen molar-refractivity contribution in [2.45, 2.75) is 45.8 Å². The van der Waals surface area contributed by atoms with Crippen LogP contribution in [0, 0.1) is 11.3 Å². The van der Waals surface area contributed by atoms with Gasteiger partial charge in [0.05, 0.1) is 17.3 Å². The zero-order valence-corrected chi connectivity index (χ0v) is 12.4. The van der Waals surface area contributed by atoms with Crippen molar-refractivity contribution in [2.75, 3.05) is 13.6 Å². The van der Waals surface area contributed by atoms with Gasteiger partial charge >= 0.3 is 0 Å². The Balaban J connectivity index is 1.87. The van der Waals surface area contributed by atoms with Crippen LogP contribution in [0.3, 0.4) is 0 Å². The van der Waals surface area contributed by atoms with Crippen LogP contribution in [0.25, 0.3) is 0 Å². The van der Waals surface area contributed by atoms with Crippen LogP contribution >= 0.6 is 11.3 Å². The second-order valence-electron chi connectivity index (χ2n) is 6.41. The van der Waals surface area contributed by atoms with Crippen molar-refractivity contribution in [1.82, 2.24) is 9.88 Å². The molecule has 1 aromatic rings. The summed E-state index contributed by atoms with van der Waals surface area (Å²) in [4.78, 5) is 6.59. The lowest BCUT2D eigenvalue weighted by Gasteiger charge is -2.40. The van der Waals surface area contributed by atoms with Gasteiger partial charge in [0, 0.05) is 18.5 Å². The maximum absolute atomic E-state index is 10.1. The van der Waals surface area contributed by atoms with Gasteiger partial charge in [-0.1, -0.05) is 13.8 Å². The Morgan fingerprint density at radius 1 is 1.56 bits per heavy atom. The van der Waals surface area contributed by atoms with Crippen LogP contribution in [-0.2, 0) is 6.54 Å². The Labute approximate surface area is 114 Å². The molecule has 0 bridgehead atoms. The molecule has 0 aliphatic heterocycles. The molecule has 2 unspecified atom stereocenters. The van der Waals surface area contributed by atoms with Crippen LogP contribution in [0.1, 0.15) is 38.8 Å². The van der Waals surface area contributed by atoms with Crippen molar-refractivity contribution in [3.05, 3.63) is 16.6 Å². The van der Waals surface area contributed by atoms with Crippen LogP contribution in [0.4, 0.5) is 0 Å². The van der Waals surface area contributed by atoms with Gasteiger partial charge in [-0.25, -0.2) is 4.98 Å². The highest BCUT2D eigenvalue weighted by atomic mass is 32.1. The Hall–Kier alpha value is -0.450. The topological polar surface area (TPSA) is 36.4 Å². The fraction of sp³-hybridized carbons (Fsp3) is 0.786. The normalized spacial score (nSPS) is 27.6. The van der Waals surface area contributed by atoms with E-state index < -0.39 is 0 Å². The Morgan fingerprint density at radius 3 is 3.00 bits per heavy atom. The highest BCUT2D eigenvalue weighted by molar-refractivity contribution is 7.07. The Morgan fingerprint density at radius 2 is 2.33 bits per heavy atom. The molecule has 0 radical (unpaired) electrons. The number of hydrogen-bond acceptors (Lipinski definition) is 4. The second kappa shape index (κ2) is 5.68. The molecule has 1 saturated carbocycles. The molecule has 0 spiro atoms. The van der Waals surface area contributed by atoms with E-state index >= 15 is 0 Å². The van der Waals surface area contributed by atoms with Crippen molar-refractivity contribution in [2.24, 2.45) is 11.3 Å². The first-order valence-corrected chi connectivity index (χ1v) is 7.64. The first-order valence-electron chi connectivity index (χ1n) is 6.70. The molecule has 2 rings (SSSR count). The summed E-state index contributed by atoms with van der Waals surface area (Å²) in [6, 6.07) is 0. The molecule has 1 aliphatic rings. The lowest BCUT2D eigenvalue weighted by Crippen LogP contribution is -2.39. The quantitative estimate of drug-likeness (QED) is 0.912. The summed E-state index contributed by atoms with van der Waals surface area (Å²) < 4.78 is 0. The predicted molar refractivity (Wildman–Crippen MR) is 75.6 cm³/mol. The first-order chi connectivity index (χ1) is 8.46. The molecule has 1 aromatic heterocycles. The number of aliphatic hydroxyl groups is 1. The number of aliphatic hydroxyl groups excluding tert-OH is 1. The number of hydrogen-bond donors (Lipinski definition) is 1. The van der Waals surface area contributed by atoms with Gasteiger partial charge in [-0.15, -0.1) is 11.3 Å². The third-order valence-electron chi connectivity index (χ3n) is 3.94. The molecule has 0 saturated heterocycles. The van der Waals surface area contributed by atoms with Crippen molar-refractivity contribution >= 4 is 11.3 Å². The molecule has 102 valence electrons. The third kappa shape index (κ3) is 3.77. The van der Waals surface area contributed by atoms with E-state index in [1.54, 1.807) is 11.3 Å². The number of rotatable bonds is 4. The average molecular weight is 268 g/mol. The molecular formula is C14H24N2OS. The maximum Gasteiger partial charge on any atom is 0.0795 e. The van der Waals surface area contributed by atoms with E-state index in [4.69, 9.17) is 0 Å². The summed E-state index contributed by atoms with van der Waals surface area (Å²) >= 11 is 1.64. The standard InChI is InChI=1S/C14H24N2OS/c1-14(2)5-4-13(17)11(6-14)7-16(3)8-12-9-18-10-15-12/h9-11,13,17H,4-8H2,1-3H3. The van der Waals surface area contributed by atoms with Gasteiger partial charge in [-0.3, -0.25) is 0 Å². The lowest BCUT2D eigenvalue weighted by molar-refractivity contribution is 0.00662. The molecule has 1 fully saturated rings. The number of aromatic nitrogens is 1. The summed E-state index contributed by atoms with van der Waals surface area (Å²) in [6.45, 7) is 6.47. The van der Waals surface area contributed by atoms with Gasteiger partial charge in [0.15, 0.2) is 0 Å². The lowest BCUT2D eigenvalue weighted by atomic mass is 9.71. The fourth-order valence-corrected chi connectivity index (χ4v) is 3.52. The Bertz CT molecular complexity index is 364. The van der Waals surface area contributed by atoms with E-state index in [2.05, 4.69) is 36.2 Å². The Kier molecular flexibility index (Phi) is 4.41. The van der Waals surface area contributed by atoms with E-state index in [1.807, 2.05) is 5.51 Å². The molecule has 1 N–H and O–H groups in total. The van der Waals surface area contributed by atoms with Crippen molar-refractivity contribution in [3.8, 4) is 0 Å². The molecule has 3 nitrogen and oxygen atoms in total. The zero-order chi connectivity index (χ0) is 13.2. The maximum atomic E-state index is 10.1. The van der Waals surface area contributed by atoms with Crippen LogP contribution < -0.4 is 0 Å². The molecule has 1 heterocycles. The predicted octanol–water partition coefficient (Wildman–Crippen LogP) is 2.76. The molecular weight excluding hydrogens is 244 g/mol. The minimum Gasteiger partial charge on any atom is -0.393 e. The minimum absolute atomic E-state index is 0.129. The highest BCUT2D eigenvalue weighted by Gasteiger charge is 2.34. The van der Waals surface area contributed by atoms with Crippen molar-refractivity contribution < 1.29 is 5.11 Å². The molecule has 1 aliphatic carbocycles. The van der Waals surface area contributed by atoms with Gasteiger partial charge < -0.3 is 10.0 Å². The van der Waals surface area contributed by atoms with Crippen molar-refractivity contribution in [3.63, 3.8) is 0 Å². The average Bonchev–Trinajstić information content (AvgIpc) is 2.76. The molecule has 4 heteroatoms. The first kappa shape index (κ1) is 14.0. The van der Waals surface area contributed by atoms with E-state index in [0.29, 0.717) is 11.3 Å². The SMILES string of the molecule is CN(Cc1cscn1)CC1CC(C)(C)CCC1O. The smallest absolute Gasteiger partial charge is 0.0795 e. The molecule has 0 aromatic carbocycles. The summed E-state index contributed by atoms with van der Waals surface area (Å²) in [5, 5.41) is 12.2. The monoisotopic (exact) mass is 268 g/mol. The number of nitrogens with zero attached hydrogens (tertiary/aromatic N) is 2. The van der Waals surface area contributed by atoms with Gasteiger partial charge in [-0.2, -0.15) is 0 Å². The van der Waals surface area contributed by atoms with E-state index in [0.717, 1.165) is 38.0 Å². The summed E-state index contributed by atoms with van der Waals surface area (Å²) in [6.07, 6.45) is 3.08. The second-order valence-corrected chi connectivity index (χ2v) is 7.13. The van der Waals surface area contributed by atoms with Gasteiger partial charge in [0.2, 0.25) is 0 Å². The van der Waals surface area contributed by atoms with Crippen LogP contribution in [0.15, 0.2) is 10.9 Å². The van der Waals surface area contributed by atoms with Crippen LogP contribution in [0.5, 0.6) is 0 Å². The van der Waals surface area contributed by atoms with Gasteiger partial charge in [0.1, 0.15) is 0 Å². The van der Waals surface area contributed by atoms with Crippen LogP contribution in [0.2, 0.25) is 0 Å². The van der Waals surface area contributed by atoms with Gasteiger partial charge in [0.25, 0.3) is 0 Å². The fourth-order valence-electron chi connectivity index (χ4n) is 2.97. The van der Waals surface area contributed by atoms with Gasteiger partial charge in [-0.05, 0) is 37.6 Å². The molecule has 18 heavy (non-hydrogen) atoms. The summed E-state index contributed by atoms with van der Waals surface area (Å²) in [5.74, 6) is 0.400. The zero-order valence-electron chi connectivity index (χ0n) is 11.6. The summed E-state index contributed by atoms with van der Waals surface area (Å²) in [5.41, 5.74) is 3.39. The third-order valence-corrected chi connectivity index (χ3v) is 4.57. The number of thiazole rings is 1. The van der Waals surface area contributed by atoms with E-state index in [1.165, 1.54) is 0 Å². The molecule has 2 atom stereocenters. The minimum atomic E-state index is -0.129.